The summed E-state index contributed by atoms with van der Waals surface area (Å²) in [6.07, 6.45) is 2.33. The van der Waals surface area contributed by atoms with Gasteiger partial charge in [0, 0.05) is 18.9 Å². The van der Waals surface area contributed by atoms with Gasteiger partial charge in [-0.05, 0) is 42.0 Å². The van der Waals surface area contributed by atoms with Gasteiger partial charge in [-0.3, -0.25) is 9.59 Å². The molecule has 2 bridgehead atoms. The summed E-state index contributed by atoms with van der Waals surface area (Å²) in [5, 5.41) is 0. The highest BCUT2D eigenvalue weighted by atomic mass is 16.7. The number of hydrogen-bond donors (Lipinski definition) is 0. The number of hydrogen-bond acceptors (Lipinski definition) is 4. The van der Waals surface area contributed by atoms with Crippen molar-refractivity contribution >= 4 is 11.7 Å². The standard InChI is InChI=1S/C16H15NO4/c18-14-4-8-1-2-10-11-5-13-12(20-7-21-13)3-9(11)6-17(14)15(8)16(10)19/h3,5,8,10,15H,1-2,4,6-7H2. The number of ether oxygens (including phenoxy) is 2. The third-order valence-corrected chi connectivity index (χ3v) is 5.35. The van der Waals surface area contributed by atoms with Gasteiger partial charge in [0.1, 0.15) is 0 Å². The quantitative estimate of drug-likeness (QED) is 0.726. The fraction of sp³-hybridized carbons (Fsp3) is 0.500. The van der Waals surface area contributed by atoms with Crippen molar-refractivity contribution in [2.45, 2.75) is 37.8 Å². The van der Waals surface area contributed by atoms with Gasteiger partial charge in [0.2, 0.25) is 12.7 Å². The molecule has 3 atom stereocenters. The molecule has 5 rings (SSSR count). The van der Waals surface area contributed by atoms with Crippen molar-refractivity contribution in [3.8, 4) is 11.5 Å². The number of carbonyl (C=O) groups is 2. The Morgan fingerprint density at radius 1 is 1.10 bits per heavy atom. The van der Waals surface area contributed by atoms with Crippen molar-refractivity contribution < 1.29 is 19.1 Å². The van der Waals surface area contributed by atoms with Gasteiger partial charge in [-0.2, -0.15) is 0 Å². The molecule has 1 aromatic carbocycles. The second-order valence-electron chi connectivity index (χ2n) is 6.37. The van der Waals surface area contributed by atoms with E-state index in [-0.39, 0.29) is 36.4 Å². The maximum atomic E-state index is 12.8. The minimum atomic E-state index is -0.208. The van der Waals surface area contributed by atoms with Crippen molar-refractivity contribution in [2.24, 2.45) is 5.92 Å². The average Bonchev–Trinajstić information content (AvgIpc) is 3.02. The number of nitrogens with zero attached hydrogens (tertiary/aromatic N) is 1. The third-order valence-electron chi connectivity index (χ3n) is 5.35. The normalized spacial score (nSPS) is 32.2. The number of amides is 1. The highest BCUT2D eigenvalue weighted by Crippen LogP contribution is 2.48. The first-order chi connectivity index (χ1) is 10.2. The average molecular weight is 285 g/mol. The van der Waals surface area contributed by atoms with E-state index in [9.17, 15) is 9.59 Å². The molecule has 0 N–H and O–H groups in total. The first-order valence-electron chi connectivity index (χ1n) is 7.48. The molecule has 108 valence electrons. The van der Waals surface area contributed by atoms with Crippen LogP contribution in [0.25, 0.3) is 0 Å². The van der Waals surface area contributed by atoms with Gasteiger partial charge >= 0.3 is 0 Å². The first kappa shape index (κ1) is 11.6. The fourth-order valence-electron chi connectivity index (χ4n) is 4.38. The molecule has 1 aromatic rings. The van der Waals surface area contributed by atoms with E-state index < -0.39 is 0 Å². The van der Waals surface area contributed by atoms with Crippen LogP contribution in [0.15, 0.2) is 12.1 Å². The summed E-state index contributed by atoms with van der Waals surface area (Å²) >= 11 is 0. The highest BCUT2D eigenvalue weighted by Gasteiger charge is 2.51. The molecule has 4 aliphatic rings. The molecule has 0 aromatic heterocycles. The number of fused-ring (bicyclic) bond motifs is 4. The molecule has 2 fully saturated rings. The van der Waals surface area contributed by atoms with Gasteiger partial charge in [0.15, 0.2) is 17.3 Å². The molecule has 3 unspecified atom stereocenters. The lowest BCUT2D eigenvalue weighted by atomic mass is 9.75. The molecule has 3 heterocycles. The zero-order chi connectivity index (χ0) is 14.1. The lowest BCUT2D eigenvalue weighted by Crippen LogP contribution is -2.43. The van der Waals surface area contributed by atoms with Crippen LogP contribution in [0.2, 0.25) is 0 Å². The van der Waals surface area contributed by atoms with Crippen LogP contribution < -0.4 is 9.47 Å². The predicted molar refractivity (Wildman–Crippen MR) is 72.0 cm³/mol. The lowest BCUT2D eigenvalue weighted by molar-refractivity contribution is -0.136. The van der Waals surface area contributed by atoms with Crippen molar-refractivity contribution in [3.63, 3.8) is 0 Å². The van der Waals surface area contributed by atoms with Crippen LogP contribution in [0, 0.1) is 5.92 Å². The van der Waals surface area contributed by atoms with Crippen molar-refractivity contribution in [2.75, 3.05) is 6.79 Å². The van der Waals surface area contributed by atoms with Crippen LogP contribution >= 0.6 is 0 Å². The largest absolute Gasteiger partial charge is 0.454 e. The summed E-state index contributed by atoms with van der Waals surface area (Å²) in [4.78, 5) is 26.9. The van der Waals surface area contributed by atoms with Gasteiger partial charge in [-0.25, -0.2) is 0 Å². The molecule has 0 radical (unpaired) electrons. The molecule has 0 spiro atoms. The zero-order valence-corrected chi connectivity index (χ0v) is 11.5. The Balaban J connectivity index is 1.71. The summed E-state index contributed by atoms with van der Waals surface area (Å²) in [5.74, 6) is 1.90. The van der Waals surface area contributed by atoms with E-state index in [0.29, 0.717) is 13.0 Å². The third kappa shape index (κ3) is 1.41. The molecule has 1 aliphatic carbocycles. The van der Waals surface area contributed by atoms with E-state index in [1.54, 1.807) is 4.90 Å². The van der Waals surface area contributed by atoms with E-state index in [1.165, 1.54) is 0 Å². The molecular weight excluding hydrogens is 270 g/mol. The molecule has 5 nitrogen and oxygen atoms in total. The van der Waals surface area contributed by atoms with E-state index in [4.69, 9.17) is 9.47 Å². The smallest absolute Gasteiger partial charge is 0.231 e. The Hall–Kier alpha value is -2.04. The van der Waals surface area contributed by atoms with Gasteiger partial charge in [-0.1, -0.05) is 0 Å². The van der Waals surface area contributed by atoms with Gasteiger partial charge < -0.3 is 14.4 Å². The summed E-state index contributed by atoms with van der Waals surface area (Å²) in [6.45, 7) is 0.748. The SMILES string of the molecule is O=C1C2CCC3CC(=O)N(Cc4cc5c(cc42)OCO5)C13. The zero-order valence-electron chi connectivity index (χ0n) is 11.5. The van der Waals surface area contributed by atoms with Crippen LogP contribution in [-0.4, -0.2) is 29.4 Å². The Labute approximate surface area is 121 Å². The second kappa shape index (κ2) is 3.78. The topological polar surface area (TPSA) is 55.8 Å². The summed E-state index contributed by atoms with van der Waals surface area (Å²) < 4.78 is 10.9. The lowest BCUT2D eigenvalue weighted by Gasteiger charge is -2.31. The molecule has 1 saturated carbocycles. The maximum Gasteiger partial charge on any atom is 0.231 e. The fourth-order valence-corrected chi connectivity index (χ4v) is 4.38. The molecule has 5 heteroatoms. The number of ketones is 1. The van der Waals surface area contributed by atoms with Crippen LogP contribution in [-0.2, 0) is 16.1 Å². The minimum Gasteiger partial charge on any atom is -0.454 e. The monoisotopic (exact) mass is 285 g/mol. The Morgan fingerprint density at radius 2 is 1.90 bits per heavy atom. The van der Waals surface area contributed by atoms with E-state index in [0.717, 1.165) is 35.5 Å². The van der Waals surface area contributed by atoms with Crippen LogP contribution in [0.5, 0.6) is 11.5 Å². The Kier molecular flexibility index (Phi) is 2.09. The number of Topliss-reactive ketones (excluding diaryl/α,β-unsaturated/α-hetero) is 1. The van der Waals surface area contributed by atoms with Gasteiger partial charge in [-0.15, -0.1) is 0 Å². The van der Waals surface area contributed by atoms with E-state index in [2.05, 4.69) is 0 Å². The molecular formula is C16H15NO4. The van der Waals surface area contributed by atoms with Crippen LogP contribution in [0.1, 0.15) is 36.3 Å². The predicted octanol–water partition coefficient (Wildman–Crippen LogP) is 1.59. The van der Waals surface area contributed by atoms with Crippen LogP contribution in [0.4, 0.5) is 0 Å². The van der Waals surface area contributed by atoms with Crippen molar-refractivity contribution in [1.29, 1.82) is 0 Å². The molecule has 21 heavy (non-hydrogen) atoms. The highest BCUT2D eigenvalue weighted by molar-refractivity contribution is 5.98. The first-order valence-corrected chi connectivity index (χ1v) is 7.48. The van der Waals surface area contributed by atoms with E-state index in [1.807, 2.05) is 12.1 Å². The molecule has 3 aliphatic heterocycles. The minimum absolute atomic E-state index is 0.0911. The summed E-state index contributed by atoms with van der Waals surface area (Å²) in [7, 11) is 0. The van der Waals surface area contributed by atoms with Gasteiger partial charge in [0.05, 0.1) is 6.04 Å². The maximum absolute atomic E-state index is 12.8. The Morgan fingerprint density at radius 3 is 2.76 bits per heavy atom. The van der Waals surface area contributed by atoms with Crippen LogP contribution in [0.3, 0.4) is 0 Å². The molecule has 1 amide bonds. The molecule has 1 saturated heterocycles. The number of carbonyl (C=O) groups excluding carboxylic acids is 2. The van der Waals surface area contributed by atoms with E-state index >= 15 is 0 Å². The Bertz CT molecular complexity index is 683. The van der Waals surface area contributed by atoms with Crippen molar-refractivity contribution in [1.82, 2.24) is 4.90 Å². The second-order valence-corrected chi connectivity index (χ2v) is 6.37. The number of benzene rings is 1. The summed E-state index contributed by atoms with van der Waals surface area (Å²) in [6, 6.07) is 3.69. The van der Waals surface area contributed by atoms with Crippen molar-refractivity contribution in [3.05, 3.63) is 23.3 Å². The van der Waals surface area contributed by atoms with Gasteiger partial charge in [0.25, 0.3) is 0 Å². The number of rotatable bonds is 0. The summed E-state index contributed by atoms with van der Waals surface area (Å²) in [5.41, 5.74) is 2.07.